The highest BCUT2D eigenvalue weighted by Gasteiger charge is 2.24. The lowest BCUT2D eigenvalue weighted by Gasteiger charge is -2.26. The van der Waals surface area contributed by atoms with E-state index in [-0.39, 0.29) is 6.03 Å². The van der Waals surface area contributed by atoms with Crippen LogP contribution in [0.15, 0.2) is 11.4 Å². The summed E-state index contributed by atoms with van der Waals surface area (Å²) in [5.41, 5.74) is 1.14. The zero-order valence-electron chi connectivity index (χ0n) is 13.2. The van der Waals surface area contributed by atoms with Crippen molar-refractivity contribution in [3.05, 3.63) is 28.7 Å². The summed E-state index contributed by atoms with van der Waals surface area (Å²) in [6.45, 7) is 5.57. The third-order valence-corrected chi connectivity index (χ3v) is 5.40. The Hall–Kier alpha value is -2.33. The molecule has 8 nitrogen and oxygen atoms in total. The first kappa shape index (κ1) is 15.2. The third kappa shape index (κ3) is 2.78. The van der Waals surface area contributed by atoms with E-state index in [0.717, 1.165) is 22.1 Å². The normalized spacial score (nSPS) is 13.8. The molecule has 4 heterocycles. The first-order valence-electron chi connectivity index (χ1n) is 7.44. The predicted octanol–water partition coefficient (Wildman–Crippen LogP) is 2.52. The van der Waals surface area contributed by atoms with Crippen LogP contribution in [0.1, 0.15) is 17.2 Å². The van der Waals surface area contributed by atoms with E-state index in [1.807, 2.05) is 30.0 Å². The molecular weight excluding hydrogens is 346 g/mol. The molecule has 124 valence electrons. The van der Waals surface area contributed by atoms with Gasteiger partial charge in [0, 0.05) is 18.1 Å². The molecule has 0 fully saturated rings. The zero-order chi connectivity index (χ0) is 16.7. The highest BCUT2D eigenvalue weighted by atomic mass is 32.1. The number of aryl methyl sites for hydroxylation is 2. The zero-order valence-corrected chi connectivity index (χ0v) is 14.8. The van der Waals surface area contributed by atoms with Crippen LogP contribution in [0.4, 0.5) is 9.93 Å². The van der Waals surface area contributed by atoms with Crippen molar-refractivity contribution < 1.29 is 4.79 Å². The molecule has 0 spiro atoms. The van der Waals surface area contributed by atoms with Gasteiger partial charge in [-0.15, -0.1) is 11.3 Å². The van der Waals surface area contributed by atoms with Gasteiger partial charge < -0.3 is 4.90 Å². The Balaban J connectivity index is 1.45. The predicted molar refractivity (Wildman–Crippen MR) is 92.1 cm³/mol. The van der Waals surface area contributed by atoms with Crippen molar-refractivity contribution in [1.82, 2.24) is 29.0 Å². The minimum absolute atomic E-state index is 0.187. The molecule has 0 saturated heterocycles. The first-order chi connectivity index (χ1) is 11.6. The number of fused-ring (bicyclic) bond motifs is 1. The Morgan fingerprint density at radius 2 is 2.17 bits per heavy atom. The number of hydrogen-bond donors (Lipinski definition) is 1. The molecule has 0 saturated carbocycles. The summed E-state index contributed by atoms with van der Waals surface area (Å²) in [6.07, 6.45) is 0. The molecule has 0 atom stereocenters. The van der Waals surface area contributed by atoms with Gasteiger partial charge >= 0.3 is 6.03 Å². The molecule has 0 unspecified atom stereocenters. The van der Waals surface area contributed by atoms with Crippen LogP contribution in [0.2, 0.25) is 0 Å². The van der Waals surface area contributed by atoms with Gasteiger partial charge in [0.2, 0.25) is 5.13 Å². The SMILES string of the molecule is Cc1nc2n(n1)CCN(C(=O)Nc1nc(-c3sccc3C)ns1)C2. The molecule has 0 aliphatic carbocycles. The van der Waals surface area contributed by atoms with Crippen LogP contribution in [-0.4, -0.2) is 41.6 Å². The maximum absolute atomic E-state index is 12.4. The number of aromatic nitrogens is 5. The van der Waals surface area contributed by atoms with Crippen LogP contribution in [0.25, 0.3) is 10.7 Å². The maximum atomic E-state index is 12.4. The average Bonchev–Trinajstić information content (AvgIpc) is 3.25. The summed E-state index contributed by atoms with van der Waals surface area (Å²) in [7, 11) is 0. The number of carbonyl (C=O) groups is 1. The second kappa shape index (κ2) is 5.95. The monoisotopic (exact) mass is 361 g/mol. The third-order valence-electron chi connectivity index (χ3n) is 3.76. The van der Waals surface area contributed by atoms with Crippen molar-refractivity contribution in [2.75, 3.05) is 11.9 Å². The van der Waals surface area contributed by atoms with E-state index in [9.17, 15) is 4.79 Å². The molecule has 24 heavy (non-hydrogen) atoms. The molecule has 4 rings (SSSR count). The number of rotatable bonds is 2. The Labute approximate surface area is 146 Å². The molecule has 0 radical (unpaired) electrons. The van der Waals surface area contributed by atoms with E-state index in [4.69, 9.17) is 0 Å². The Bertz CT molecular complexity index is 897. The van der Waals surface area contributed by atoms with Crippen LogP contribution < -0.4 is 5.32 Å². The topological polar surface area (TPSA) is 88.8 Å². The van der Waals surface area contributed by atoms with E-state index in [1.54, 1.807) is 16.2 Å². The van der Waals surface area contributed by atoms with Gasteiger partial charge in [0.1, 0.15) is 11.6 Å². The number of carbonyl (C=O) groups excluding carboxylic acids is 1. The second-order valence-corrected chi connectivity index (χ2v) is 7.17. The molecule has 1 aliphatic heterocycles. The summed E-state index contributed by atoms with van der Waals surface area (Å²) in [5, 5.41) is 9.64. The van der Waals surface area contributed by atoms with Gasteiger partial charge in [-0.1, -0.05) is 0 Å². The van der Waals surface area contributed by atoms with Crippen molar-refractivity contribution in [2.24, 2.45) is 0 Å². The number of urea groups is 1. The number of thiophene rings is 1. The minimum atomic E-state index is -0.187. The lowest BCUT2D eigenvalue weighted by atomic mass is 10.3. The van der Waals surface area contributed by atoms with E-state index in [1.165, 1.54) is 11.5 Å². The standard InChI is InChI=1S/C14H15N7OS2/c1-8-3-6-23-11(8)12-16-13(24-19-12)17-14(22)20-4-5-21-10(7-20)15-9(2)18-21/h3,6H,4-5,7H2,1-2H3,(H,16,17,19,22). The quantitative estimate of drug-likeness (QED) is 0.758. The van der Waals surface area contributed by atoms with Crippen LogP contribution in [0.5, 0.6) is 0 Å². The van der Waals surface area contributed by atoms with E-state index < -0.39 is 0 Å². The van der Waals surface area contributed by atoms with Crippen LogP contribution in [0.3, 0.4) is 0 Å². The number of nitrogens with zero attached hydrogens (tertiary/aromatic N) is 6. The van der Waals surface area contributed by atoms with E-state index in [0.29, 0.717) is 30.6 Å². The second-order valence-electron chi connectivity index (χ2n) is 5.51. The summed E-state index contributed by atoms with van der Waals surface area (Å²) >= 11 is 2.79. The average molecular weight is 361 g/mol. The summed E-state index contributed by atoms with van der Waals surface area (Å²) in [6, 6.07) is 1.85. The van der Waals surface area contributed by atoms with E-state index in [2.05, 4.69) is 24.8 Å². The lowest BCUT2D eigenvalue weighted by Crippen LogP contribution is -2.41. The fourth-order valence-electron chi connectivity index (χ4n) is 2.57. The fraction of sp³-hybridized carbons (Fsp3) is 0.357. The molecule has 10 heteroatoms. The molecule has 0 bridgehead atoms. The van der Waals surface area contributed by atoms with Crippen molar-refractivity contribution >= 4 is 34.0 Å². The Morgan fingerprint density at radius 1 is 1.29 bits per heavy atom. The summed E-state index contributed by atoms with van der Waals surface area (Å²) in [4.78, 5) is 24.0. The molecular formula is C14H15N7OS2. The molecule has 1 aliphatic rings. The number of nitrogens with one attached hydrogen (secondary N) is 1. The first-order valence-corrected chi connectivity index (χ1v) is 9.10. The van der Waals surface area contributed by atoms with Gasteiger partial charge in [0.05, 0.1) is 18.0 Å². The molecule has 2 amide bonds. The minimum Gasteiger partial charge on any atom is -0.315 e. The van der Waals surface area contributed by atoms with Gasteiger partial charge in [-0.2, -0.15) is 14.5 Å². The highest BCUT2D eigenvalue weighted by Crippen LogP contribution is 2.29. The van der Waals surface area contributed by atoms with Crippen molar-refractivity contribution in [3.63, 3.8) is 0 Å². The molecule has 3 aromatic rings. The molecule has 3 aromatic heterocycles. The van der Waals surface area contributed by atoms with Crippen molar-refractivity contribution in [1.29, 1.82) is 0 Å². The van der Waals surface area contributed by atoms with Crippen LogP contribution in [-0.2, 0) is 13.1 Å². The Morgan fingerprint density at radius 3 is 2.96 bits per heavy atom. The number of amides is 2. The van der Waals surface area contributed by atoms with E-state index >= 15 is 0 Å². The molecule has 0 aromatic carbocycles. The van der Waals surface area contributed by atoms with Crippen molar-refractivity contribution in [3.8, 4) is 10.7 Å². The number of anilines is 1. The fourth-order valence-corrected chi connectivity index (χ4v) is 4.05. The van der Waals surface area contributed by atoms with Gasteiger partial charge in [-0.25, -0.2) is 14.5 Å². The molecule has 1 N–H and O–H groups in total. The smallest absolute Gasteiger partial charge is 0.315 e. The highest BCUT2D eigenvalue weighted by molar-refractivity contribution is 7.14. The largest absolute Gasteiger partial charge is 0.324 e. The van der Waals surface area contributed by atoms with Gasteiger partial charge in [-0.3, -0.25) is 5.32 Å². The van der Waals surface area contributed by atoms with Crippen LogP contribution in [0, 0.1) is 13.8 Å². The van der Waals surface area contributed by atoms with Gasteiger partial charge in [0.25, 0.3) is 0 Å². The maximum Gasteiger partial charge on any atom is 0.324 e. The summed E-state index contributed by atoms with van der Waals surface area (Å²) in [5.74, 6) is 2.20. The number of hydrogen-bond acceptors (Lipinski definition) is 7. The van der Waals surface area contributed by atoms with Crippen molar-refractivity contribution in [2.45, 2.75) is 26.9 Å². The lowest BCUT2D eigenvalue weighted by molar-refractivity contribution is 0.193. The van der Waals surface area contributed by atoms with Gasteiger partial charge in [0.15, 0.2) is 5.82 Å². The summed E-state index contributed by atoms with van der Waals surface area (Å²) < 4.78 is 6.19. The van der Waals surface area contributed by atoms with Crippen LogP contribution >= 0.6 is 22.9 Å². The Kier molecular flexibility index (Phi) is 3.77. The van der Waals surface area contributed by atoms with Gasteiger partial charge in [-0.05, 0) is 30.9 Å².